The van der Waals surface area contributed by atoms with Crippen molar-refractivity contribution in [2.45, 2.75) is 11.9 Å². The molecule has 2 aromatic carbocycles. The summed E-state index contributed by atoms with van der Waals surface area (Å²) in [5.74, 6) is 0.180. The van der Waals surface area contributed by atoms with Crippen LogP contribution in [0, 0.1) is 6.92 Å². The lowest BCUT2D eigenvalue weighted by molar-refractivity contribution is -0.113. The third kappa shape index (κ3) is 3.47. The number of rotatable bonds is 4. The van der Waals surface area contributed by atoms with E-state index in [1.165, 1.54) is 35.0 Å². The van der Waals surface area contributed by atoms with Crippen LogP contribution in [-0.2, 0) is 4.79 Å². The molecule has 124 valence electrons. The van der Waals surface area contributed by atoms with Crippen LogP contribution < -0.4 is 5.32 Å². The van der Waals surface area contributed by atoms with E-state index in [0.29, 0.717) is 5.13 Å². The first kappa shape index (κ1) is 16.0. The molecule has 25 heavy (non-hydrogen) atoms. The summed E-state index contributed by atoms with van der Waals surface area (Å²) >= 11 is 2.89. The largest absolute Gasteiger partial charge is 0.301 e. The van der Waals surface area contributed by atoms with Gasteiger partial charge in [-0.1, -0.05) is 47.4 Å². The van der Waals surface area contributed by atoms with Crippen molar-refractivity contribution >= 4 is 55.3 Å². The Bertz CT molecular complexity index is 1070. The predicted molar refractivity (Wildman–Crippen MR) is 103 cm³/mol. The van der Waals surface area contributed by atoms with Crippen LogP contribution in [0.2, 0.25) is 0 Å². The van der Waals surface area contributed by atoms with Crippen LogP contribution >= 0.6 is 23.1 Å². The summed E-state index contributed by atoms with van der Waals surface area (Å²) in [7, 11) is 0. The molecule has 1 amide bonds. The molecule has 4 aromatic rings. The van der Waals surface area contributed by atoms with Crippen LogP contribution in [-0.4, -0.2) is 26.6 Å². The maximum absolute atomic E-state index is 12.3. The molecule has 0 radical (unpaired) electrons. The van der Waals surface area contributed by atoms with Crippen molar-refractivity contribution < 1.29 is 4.79 Å². The number of hydrogen-bond acceptors (Lipinski definition) is 6. The number of amides is 1. The molecule has 0 bridgehead atoms. The van der Waals surface area contributed by atoms with Gasteiger partial charge in [0.2, 0.25) is 5.91 Å². The van der Waals surface area contributed by atoms with Crippen molar-refractivity contribution in [3.63, 3.8) is 0 Å². The van der Waals surface area contributed by atoms with Crippen molar-refractivity contribution in [2.24, 2.45) is 0 Å². The van der Waals surface area contributed by atoms with E-state index < -0.39 is 0 Å². The molecular formula is C18H14N4OS2. The van der Waals surface area contributed by atoms with Crippen molar-refractivity contribution in [3.05, 3.63) is 54.4 Å². The first-order chi connectivity index (χ1) is 12.2. The SMILES string of the molecule is Cc1ccc2nc(NC(=O)CSc3ncnc4ccccc34)sc2c1. The lowest BCUT2D eigenvalue weighted by Crippen LogP contribution is -2.13. The van der Waals surface area contributed by atoms with Gasteiger partial charge in [-0.2, -0.15) is 0 Å². The average Bonchev–Trinajstić information content (AvgIpc) is 3.01. The van der Waals surface area contributed by atoms with E-state index in [9.17, 15) is 4.79 Å². The lowest BCUT2D eigenvalue weighted by atomic mass is 10.2. The van der Waals surface area contributed by atoms with Crippen molar-refractivity contribution in [1.82, 2.24) is 15.0 Å². The Morgan fingerprint density at radius 2 is 2.04 bits per heavy atom. The Labute approximate surface area is 152 Å². The number of thiazole rings is 1. The predicted octanol–water partition coefficient (Wildman–Crippen LogP) is 4.28. The highest BCUT2D eigenvalue weighted by Crippen LogP contribution is 2.28. The van der Waals surface area contributed by atoms with Crippen LogP contribution in [0.3, 0.4) is 0 Å². The number of thioether (sulfide) groups is 1. The lowest BCUT2D eigenvalue weighted by Gasteiger charge is -2.04. The van der Waals surface area contributed by atoms with Gasteiger partial charge in [0, 0.05) is 5.39 Å². The van der Waals surface area contributed by atoms with Gasteiger partial charge < -0.3 is 5.32 Å². The standard InChI is InChI=1S/C18H14N4OS2/c1-11-6-7-14-15(8-11)25-18(21-14)22-16(23)9-24-17-12-4-2-3-5-13(12)19-10-20-17/h2-8,10H,9H2,1H3,(H,21,22,23). The number of aromatic nitrogens is 3. The van der Waals surface area contributed by atoms with Crippen molar-refractivity contribution in [2.75, 3.05) is 11.1 Å². The van der Waals surface area contributed by atoms with E-state index in [0.717, 1.165) is 26.1 Å². The molecule has 0 aliphatic carbocycles. The Balaban J connectivity index is 1.46. The smallest absolute Gasteiger partial charge is 0.236 e. The number of para-hydroxylation sites is 1. The topological polar surface area (TPSA) is 67.8 Å². The maximum atomic E-state index is 12.3. The number of nitrogens with zero attached hydrogens (tertiary/aromatic N) is 3. The highest BCUT2D eigenvalue weighted by atomic mass is 32.2. The first-order valence-electron chi connectivity index (χ1n) is 7.68. The van der Waals surface area contributed by atoms with Crippen molar-refractivity contribution in [1.29, 1.82) is 0 Å². The van der Waals surface area contributed by atoms with Gasteiger partial charge in [0.05, 0.1) is 21.5 Å². The van der Waals surface area contributed by atoms with E-state index in [1.54, 1.807) is 0 Å². The third-order valence-electron chi connectivity index (χ3n) is 3.64. The third-order valence-corrected chi connectivity index (χ3v) is 5.58. The minimum Gasteiger partial charge on any atom is -0.301 e. The zero-order valence-electron chi connectivity index (χ0n) is 13.4. The number of carbonyl (C=O) groups excluding carboxylic acids is 1. The molecule has 0 unspecified atom stereocenters. The molecular weight excluding hydrogens is 352 g/mol. The molecule has 0 saturated heterocycles. The van der Waals surface area contributed by atoms with Gasteiger partial charge in [0.15, 0.2) is 5.13 Å². The molecule has 0 atom stereocenters. The van der Waals surface area contributed by atoms with Crippen LogP contribution in [0.5, 0.6) is 0 Å². The Hall–Kier alpha value is -2.51. The average molecular weight is 366 g/mol. The second kappa shape index (κ2) is 6.78. The van der Waals surface area contributed by atoms with Gasteiger partial charge in [-0.15, -0.1) is 0 Å². The van der Waals surface area contributed by atoms with Gasteiger partial charge in [-0.25, -0.2) is 15.0 Å². The molecule has 4 rings (SSSR count). The van der Waals surface area contributed by atoms with Gasteiger partial charge in [0.25, 0.3) is 0 Å². The molecule has 2 aromatic heterocycles. The molecule has 5 nitrogen and oxygen atoms in total. The molecule has 2 heterocycles. The Morgan fingerprint density at radius 1 is 1.16 bits per heavy atom. The Kier molecular flexibility index (Phi) is 4.33. The van der Waals surface area contributed by atoms with Gasteiger partial charge in [0.1, 0.15) is 11.4 Å². The number of nitrogens with one attached hydrogen (secondary N) is 1. The monoisotopic (exact) mass is 366 g/mol. The molecule has 0 aliphatic rings. The number of aryl methyl sites for hydroxylation is 1. The molecule has 0 fully saturated rings. The normalized spacial score (nSPS) is 11.1. The van der Waals surface area contributed by atoms with Gasteiger partial charge in [-0.05, 0) is 30.7 Å². The van der Waals surface area contributed by atoms with Crippen LogP contribution in [0.25, 0.3) is 21.1 Å². The second-order valence-electron chi connectivity index (χ2n) is 5.52. The van der Waals surface area contributed by atoms with Crippen LogP contribution in [0.15, 0.2) is 53.8 Å². The van der Waals surface area contributed by atoms with Crippen LogP contribution in [0.1, 0.15) is 5.56 Å². The Morgan fingerprint density at radius 3 is 2.96 bits per heavy atom. The fourth-order valence-electron chi connectivity index (χ4n) is 2.47. The quantitative estimate of drug-likeness (QED) is 0.431. The number of fused-ring (bicyclic) bond motifs is 2. The minimum atomic E-state index is -0.0940. The minimum absolute atomic E-state index is 0.0940. The summed E-state index contributed by atoms with van der Waals surface area (Å²) in [5, 5.41) is 5.26. The summed E-state index contributed by atoms with van der Waals surface area (Å²) in [6.07, 6.45) is 1.53. The van der Waals surface area contributed by atoms with Gasteiger partial charge >= 0.3 is 0 Å². The van der Waals surface area contributed by atoms with E-state index >= 15 is 0 Å². The van der Waals surface area contributed by atoms with Crippen molar-refractivity contribution in [3.8, 4) is 0 Å². The highest BCUT2D eigenvalue weighted by Gasteiger charge is 2.10. The summed E-state index contributed by atoms with van der Waals surface area (Å²) in [4.78, 5) is 25.2. The van der Waals surface area contributed by atoms with E-state index in [4.69, 9.17) is 0 Å². The fourth-order valence-corrected chi connectivity index (χ4v) is 4.24. The molecule has 1 N–H and O–H groups in total. The second-order valence-corrected chi connectivity index (χ2v) is 7.52. The number of benzene rings is 2. The summed E-state index contributed by atoms with van der Waals surface area (Å²) in [5.41, 5.74) is 2.96. The van der Waals surface area contributed by atoms with E-state index in [1.807, 2.05) is 43.3 Å². The van der Waals surface area contributed by atoms with Crippen LogP contribution in [0.4, 0.5) is 5.13 Å². The number of carbonyl (C=O) groups is 1. The number of hydrogen-bond donors (Lipinski definition) is 1. The molecule has 0 aliphatic heterocycles. The summed E-state index contributed by atoms with van der Waals surface area (Å²) in [6, 6.07) is 13.8. The zero-order chi connectivity index (χ0) is 17.2. The van der Waals surface area contributed by atoms with E-state index in [-0.39, 0.29) is 11.7 Å². The molecule has 0 saturated carbocycles. The fraction of sp³-hybridized carbons (Fsp3) is 0.111. The summed E-state index contributed by atoms with van der Waals surface area (Å²) < 4.78 is 1.07. The first-order valence-corrected chi connectivity index (χ1v) is 9.49. The summed E-state index contributed by atoms with van der Waals surface area (Å²) in [6.45, 7) is 2.04. The maximum Gasteiger partial charge on any atom is 0.236 e. The molecule has 0 spiro atoms. The number of anilines is 1. The van der Waals surface area contributed by atoms with E-state index in [2.05, 4.69) is 26.3 Å². The zero-order valence-corrected chi connectivity index (χ0v) is 15.0. The molecule has 7 heteroatoms. The van der Waals surface area contributed by atoms with Gasteiger partial charge in [-0.3, -0.25) is 4.79 Å². The highest BCUT2D eigenvalue weighted by molar-refractivity contribution is 8.00.